The molecule has 0 saturated heterocycles. The molecule has 0 aliphatic heterocycles. The molecule has 1 aliphatic rings. The predicted molar refractivity (Wildman–Crippen MR) is 232 cm³/mol. The molecule has 0 N–H and O–H groups in total. The first-order chi connectivity index (χ1) is 28.0. The summed E-state index contributed by atoms with van der Waals surface area (Å²) < 4.78 is 22.3. The second-order valence-electron chi connectivity index (χ2n) is 16.4. The maximum absolute atomic E-state index is 12.9. The van der Waals surface area contributed by atoms with E-state index in [9.17, 15) is 14.4 Å². The second-order valence-corrected chi connectivity index (χ2v) is 16.4. The van der Waals surface area contributed by atoms with Crippen molar-refractivity contribution in [1.82, 2.24) is 0 Å². The molecular weight excluding hydrogens is 713 g/mol. The molecule has 320 valence electrons. The molecule has 57 heavy (non-hydrogen) atoms. The number of carbonyl (C=O) groups is 3. The maximum atomic E-state index is 12.9. The standard InChI is InChI=1S/C50H78O7/c1-3-5-7-9-11-13-15-17-19-21-23-25-27-37-48(51)54-39-42(57-49(52)38-28-26-24-22-20-18-16-14-12-10-8-6-4-2)40-55-50(53)56-41-47-45-35-31-29-33-43(45)44-34-30-32-36-46(44)47/h29-36,42,47H,3-28,37-41H2,1-2H3. The zero-order valence-electron chi connectivity index (χ0n) is 36.1. The number of benzene rings is 2. The third-order valence-electron chi connectivity index (χ3n) is 11.4. The van der Waals surface area contributed by atoms with Crippen molar-refractivity contribution in [3.8, 4) is 11.1 Å². The normalized spacial score (nSPS) is 12.5. The lowest BCUT2D eigenvalue weighted by Crippen LogP contribution is -2.31. The Morgan fingerprint density at radius 1 is 0.456 bits per heavy atom. The molecule has 1 unspecified atom stereocenters. The third-order valence-corrected chi connectivity index (χ3v) is 11.4. The lowest BCUT2D eigenvalue weighted by molar-refractivity contribution is -0.162. The molecule has 0 saturated carbocycles. The van der Waals surface area contributed by atoms with Crippen LogP contribution < -0.4 is 0 Å². The summed E-state index contributed by atoms with van der Waals surface area (Å²) in [5.41, 5.74) is 4.51. The highest BCUT2D eigenvalue weighted by molar-refractivity contribution is 5.79. The summed E-state index contributed by atoms with van der Waals surface area (Å²) in [6.07, 6.45) is 31.0. The number of hydrogen-bond acceptors (Lipinski definition) is 7. The van der Waals surface area contributed by atoms with Crippen LogP contribution in [0, 0.1) is 0 Å². The topological polar surface area (TPSA) is 88.1 Å². The van der Waals surface area contributed by atoms with Gasteiger partial charge in [-0.15, -0.1) is 0 Å². The van der Waals surface area contributed by atoms with E-state index in [1.165, 1.54) is 128 Å². The van der Waals surface area contributed by atoms with Crippen molar-refractivity contribution < 1.29 is 33.3 Å². The minimum absolute atomic E-state index is 0.0926. The van der Waals surface area contributed by atoms with Gasteiger partial charge in [-0.25, -0.2) is 4.79 Å². The van der Waals surface area contributed by atoms with E-state index in [1.54, 1.807) is 0 Å². The molecule has 1 aliphatic carbocycles. The van der Waals surface area contributed by atoms with Crippen LogP contribution in [0.1, 0.15) is 211 Å². The van der Waals surface area contributed by atoms with E-state index in [4.69, 9.17) is 18.9 Å². The molecule has 7 heteroatoms. The fraction of sp³-hybridized carbons (Fsp3) is 0.700. The molecular formula is C50H78O7. The van der Waals surface area contributed by atoms with Crippen LogP contribution in [0.15, 0.2) is 48.5 Å². The van der Waals surface area contributed by atoms with Crippen LogP contribution in [0.3, 0.4) is 0 Å². The van der Waals surface area contributed by atoms with E-state index in [2.05, 4.69) is 38.1 Å². The van der Waals surface area contributed by atoms with Crippen molar-refractivity contribution in [2.24, 2.45) is 0 Å². The monoisotopic (exact) mass is 791 g/mol. The average Bonchev–Trinajstić information content (AvgIpc) is 3.54. The summed E-state index contributed by atoms with van der Waals surface area (Å²) >= 11 is 0. The van der Waals surface area contributed by atoms with Gasteiger partial charge in [0.05, 0.1) is 0 Å². The van der Waals surface area contributed by atoms with E-state index < -0.39 is 12.3 Å². The number of fused-ring (bicyclic) bond motifs is 3. The van der Waals surface area contributed by atoms with Crippen molar-refractivity contribution in [2.45, 2.75) is 206 Å². The smallest absolute Gasteiger partial charge is 0.462 e. The summed E-state index contributed by atoms with van der Waals surface area (Å²) in [6, 6.07) is 16.3. The Bertz CT molecular complexity index is 1310. The summed E-state index contributed by atoms with van der Waals surface area (Å²) in [5, 5.41) is 0. The van der Waals surface area contributed by atoms with Crippen LogP contribution >= 0.6 is 0 Å². The number of esters is 2. The first-order valence-electron chi connectivity index (χ1n) is 23.4. The highest BCUT2D eigenvalue weighted by Crippen LogP contribution is 2.44. The Balaban J connectivity index is 1.34. The fourth-order valence-corrected chi connectivity index (χ4v) is 7.99. The number of hydrogen-bond donors (Lipinski definition) is 0. The number of unbranched alkanes of at least 4 members (excludes halogenated alkanes) is 24. The van der Waals surface area contributed by atoms with Crippen molar-refractivity contribution in [3.63, 3.8) is 0 Å². The Labute approximate surface area is 346 Å². The first-order valence-corrected chi connectivity index (χ1v) is 23.4. The van der Waals surface area contributed by atoms with Gasteiger partial charge in [-0.05, 0) is 35.1 Å². The molecule has 7 nitrogen and oxygen atoms in total. The van der Waals surface area contributed by atoms with Gasteiger partial charge in [-0.3, -0.25) is 9.59 Å². The highest BCUT2D eigenvalue weighted by Gasteiger charge is 2.29. The van der Waals surface area contributed by atoms with Gasteiger partial charge in [-0.2, -0.15) is 0 Å². The molecule has 0 fully saturated rings. The lowest BCUT2D eigenvalue weighted by atomic mass is 9.98. The van der Waals surface area contributed by atoms with Crippen molar-refractivity contribution in [2.75, 3.05) is 19.8 Å². The minimum Gasteiger partial charge on any atom is -0.462 e. The van der Waals surface area contributed by atoms with Gasteiger partial charge in [0.25, 0.3) is 0 Å². The second kappa shape index (κ2) is 31.6. The van der Waals surface area contributed by atoms with Gasteiger partial charge in [0.1, 0.15) is 19.8 Å². The summed E-state index contributed by atoms with van der Waals surface area (Å²) in [5.74, 6) is -0.784. The Kier molecular flexibility index (Phi) is 26.6. The largest absolute Gasteiger partial charge is 0.508 e. The first kappa shape index (κ1) is 48.0. The quantitative estimate of drug-likeness (QED) is 0.0390. The van der Waals surface area contributed by atoms with Crippen LogP contribution in [-0.2, 0) is 28.5 Å². The molecule has 0 amide bonds. The number of ether oxygens (including phenoxy) is 4. The zero-order chi connectivity index (χ0) is 40.6. The minimum atomic E-state index is -0.893. The molecule has 2 aromatic carbocycles. The average molecular weight is 791 g/mol. The summed E-state index contributed by atoms with van der Waals surface area (Å²) in [6.45, 7) is 4.25. The predicted octanol–water partition coefficient (Wildman–Crippen LogP) is 14.4. The van der Waals surface area contributed by atoms with E-state index in [0.29, 0.717) is 6.42 Å². The Hall–Kier alpha value is -3.35. The lowest BCUT2D eigenvalue weighted by Gasteiger charge is -2.19. The van der Waals surface area contributed by atoms with Gasteiger partial charge < -0.3 is 18.9 Å². The Morgan fingerprint density at radius 3 is 1.26 bits per heavy atom. The van der Waals surface area contributed by atoms with Gasteiger partial charge in [0, 0.05) is 18.8 Å². The molecule has 1 atom stereocenters. The van der Waals surface area contributed by atoms with Gasteiger partial charge >= 0.3 is 18.1 Å². The van der Waals surface area contributed by atoms with Crippen LogP contribution in [0.5, 0.6) is 0 Å². The van der Waals surface area contributed by atoms with Crippen LogP contribution in [0.4, 0.5) is 4.79 Å². The van der Waals surface area contributed by atoms with Gasteiger partial charge in [0.2, 0.25) is 0 Å². The maximum Gasteiger partial charge on any atom is 0.508 e. The fourth-order valence-electron chi connectivity index (χ4n) is 7.99. The van der Waals surface area contributed by atoms with E-state index in [-0.39, 0.29) is 44.1 Å². The van der Waals surface area contributed by atoms with Gasteiger partial charge in [0.15, 0.2) is 6.10 Å². The molecule has 0 bridgehead atoms. The molecule has 0 spiro atoms. The zero-order valence-corrected chi connectivity index (χ0v) is 36.1. The molecule has 0 heterocycles. The van der Waals surface area contributed by atoms with Crippen LogP contribution in [-0.4, -0.2) is 44.0 Å². The molecule has 0 aromatic heterocycles. The number of rotatable bonds is 35. The highest BCUT2D eigenvalue weighted by atomic mass is 16.7. The van der Waals surface area contributed by atoms with Crippen molar-refractivity contribution in [3.05, 3.63) is 59.7 Å². The summed E-state index contributed by atoms with van der Waals surface area (Å²) in [4.78, 5) is 38.3. The SMILES string of the molecule is CCCCCCCCCCCCCCCC(=O)OCC(COC(=O)OCC1c2ccccc2-c2ccccc21)OC(=O)CCCCCCCCCCCCCCC. The van der Waals surface area contributed by atoms with E-state index in [1.807, 2.05) is 24.3 Å². The van der Waals surface area contributed by atoms with Crippen LogP contribution in [0.25, 0.3) is 11.1 Å². The summed E-state index contributed by atoms with van der Waals surface area (Å²) in [7, 11) is 0. The van der Waals surface area contributed by atoms with E-state index >= 15 is 0 Å². The van der Waals surface area contributed by atoms with Gasteiger partial charge in [-0.1, -0.05) is 216 Å². The van der Waals surface area contributed by atoms with Crippen molar-refractivity contribution >= 4 is 18.1 Å². The molecule has 0 radical (unpaired) electrons. The van der Waals surface area contributed by atoms with Crippen LogP contribution in [0.2, 0.25) is 0 Å². The molecule has 3 rings (SSSR count). The Morgan fingerprint density at radius 2 is 0.825 bits per heavy atom. The third kappa shape index (κ3) is 21.3. The van der Waals surface area contributed by atoms with Crippen molar-refractivity contribution in [1.29, 1.82) is 0 Å². The molecule has 2 aromatic rings. The van der Waals surface area contributed by atoms with E-state index in [0.717, 1.165) is 60.8 Å². The number of carbonyl (C=O) groups excluding carboxylic acids is 3.